The van der Waals surface area contributed by atoms with Gasteiger partial charge in [0.2, 0.25) is 0 Å². The van der Waals surface area contributed by atoms with Gasteiger partial charge in [-0.05, 0) is 30.3 Å². The molecule has 16 heavy (non-hydrogen) atoms. The minimum absolute atomic E-state index is 0.278. The van der Waals surface area contributed by atoms with Crippen molar-refractivity contribution >= 4 is 11.6 Å². The Kier molecular flexibility index (Phi) is 3.49. The topological polar surface area (TPSA) is 50.0 Å². The molecule has 0 atom stereocenters. The second-order valence-electron chi connectivity index (χ2n) is 3.55. The number of halogens is 1. The standard InChI is InChI=1S/C12H12ClNO2/c13-10-3-4-12(15)9(6-10)7-14-8-11-2-1-5-16-11/h1-6,14-15H,7-8H2/p+1. The van der Waals surface area contributed by atoms with Gasteiger partial charge in [0.25, 0.3) is 0 Å². The third kappa shape index (κ3) is 2.78. The first-order valence-electron chi connectivity index (χ1n) is 5.07. The van der Waals surface area contributed by atoms with Gasteiger partial charge in [0, 0.05) is 10.6 Å². The monoisotopic (exact) mass is 238 g/mol. The van der Waals surface area contributed by atoms with Gasteiger partial charge in [-0.1, -0.05) is 11.6 Å². The Morgan fingerprint density at radius 1 is 1.25 bits per heavy atom. The second kappa shape index (κ2) is 5.05. The lowest BCUT2D eigenvalue weighted by atomic mass is 10.2. The first kappa shape index (κ1) is 11.0. The quantitative estimate of drug-likeness (QED) is 0.855. The van der Waals surface area contributed by atoms with E-state index in [1.807, 2.05) is 17.4 Å². The van der Waals surface area contributed by atoms with Crippen LogP contribution >= 0.6 is 11.6 Å². The summed E-state index contributed by atoms with van der Waals surface area (Å²) in [5.41, 5.74) is 0.832. The normalized spacial score (nSPS) is 10.6. The average Bonchev–Trinajstić information content (AvgIpc) is 2.76. The molecule has 2 rings (SSSR count). The van der Waals surface area contributed by atoms with Crippen molar-refractivity contribution in [2.24, 2.45) is 0 Å². The zero-order valence-electron chi connectivity index (χ0n) is 8.69. The molecule has 1 aromatic heterocycles. The molecule has 0 bridgehead atoms. The van der Waals surface area contributed by atoms with E-state index >= 15 is 0 Å². The molecular weight excluding hydrogens is 226 g/mol. The molecule has 0 radical (unpaired) electrons. The van der Waals surface area contributed by atoms with Gasteiger partial charge in [0.05, 0.1) is 6.26 Å². The summed E-state index contributed by atoms with van der Waals surface area (Å²) >= 11 is 5.85. The van der Waals surface area contributed by atoms with Crippen molar-refractivity contribution < 1.29 is 14.8 Å². The summed E-state index contributed by atoms with van der Waals surface area (Å²) in [6, 6.07) is 8.84. The van der Waals surface area contributed by atoms with E-state index in [0.29, 0.717) is 11.6 Å². The molecule has 0 unspecified atom stereocenters. The molecule has 0 amide bonds. The van der Waals surface area contributed by atoms with Crippen molar-refractivity contribution in [3.05, 3.63) is 52.9 Å². The highest BCUT2D eigenvalue weighted by molar-refractivity contribution is 6.30. The van der Waals surface area contributed by atoms with Gasteiger partial charge in [-0.2, -0.15) is 0 Å². The molecular formula is C12H13ClNO2+. The van der Waals surface area contributed by atoms with E-state index in [2.05, 4.69) is 0 Å². The number of furan rings is 1. The van der Waals surface area contributed by atoms with Crippen LogP contribution in [-0.2, 0) is 13.1 Å². The van der Waals surface area contributed by atoms with E-state index in [1.54, 1.807) is 24.5 Å². The maximum absolute atomic E-state index is 9.59. The molecule has 0 spiro atoms. The van der Waals surface area contributed by atoms with E-state index < -0.39 is 0 Å². The van der Waals surface area contributed by atoms with Crippen LogP contribution in [-0.4, -0.2) is 5.11 Å². The summed E-state index contributed by atoms with van der Waals surface area (Å²) < 4.78 is 5.21. The molecule has 0 aliphatic carbocycles. The summed E-state index contributed by atoms with van der Waals surface area (Å²) in [6.07, 6.45) is 1.65. The van der Waals surface area contributed by atoms with Crippen molar-refractivity contribution in [1.29, 1.82) is 0 Å². The van der Waals surface area contributed by atoms with Crippen LogP contribution in [0.4, 0.5) is 0 Å². The third-order valence-electron chi connectivity index (χ3n) is 2.33. The predicted molar refractivity (Wildman–Crippen MR) is 61.2 cm³/mol. The molecule has 2 aromatic rings. The fourth-order valence-corrected chi connectivity index (χ4v) is 1.71. The smallest absolute Gasteiger partial charge is 0.157 e. The summed E-state index contributed by atoms with van der Waals surface area (Å²) in [5.74, 6) is 1.20. The lowest BCUT2D eigenvalue weighted by molar-refractivity contribution is -0.688. The maximum atomic E-state index is 9.59. The lowest BCUT2D eigenvalue weighted by Gasteiger charge is -2.03. The summed E-state index contributed by atoms with van der Waals surface area (Å²) in [6.45, 7) is 1.42. The summed E-state index contributed by atoms with van der Waals surface area (Å²) in [7, 11) is 0. The molecule has 3 N–H and O–H groups in total. The molecule has 0 aliphatic heterocycles. The van der Waals surface area contributed by atoms with Crippen LogP contribution in [0.2, 0.25) is 5.02 Å². The van der Waals surface area contributed by atoms with Crippen LogP contribution in [0.1, 0.15) is 11.3 Å². The van der Waals surface area contributed by atoms with Crippen molar-refractivity contribution in [3.63, 3.8) is 0 Å². The van der Waals surface area contributed by atoms with E-state index in [9.17, 15) is 5.11 Å². The first-order valence-corrected chi connectivity index (χ1v) is 5.45. The van der Waals surface area contributed by atoms with Gasteiger partial charge in [0.1, 0.15) is 18.8 Å². The number of hydrogen-bond donors (Lipinski definition) is 2. The highest BCUT2D eigenvalue weighted by atomic mass is 35.5. The predicted octanol–water partition coefficient (Wildman–Crippen LogP) is 1.90. The maximum Gasteiger partial charge on any atom is 0.157 e. The Hall–Kier alpha value is -1.45. The minimum Gasteiger partial charge on any atom is -0.507 e. The highest BCUT2D eigenvalue weighted by Crippen LogP contribution is 2.20. The molecule has 0 aliphatic rings. The van der Waals surface area contributed by atoms with E-state index in [0.717, 1.165) is 17.9 Å². The van der Waals surface area contributed by atoms with Crippen LogP contribution in [0.25, 0.3) is 0 Å². The van der Waals surface area contributed by atoms with Gasteiger partial charge < -0.3 is 14.8 Å². The van der Waals surface area contributed by atoms with Crippen molar-refractivity contribution in [2.75, 3.05) is 0 Å². The van der Waals surface area contributed by atoms with Crippen molar-refractivity contribution in [1.82, 2.24) is 0 Å². The number of benzene rings is 1. The lowest BCUT2D eigenvalue weighted by Crippen LogP contribution is -2.80. The number of phenolic OH excluding ortho intramolecular Hbond substituents is 1. The molecule has 0 saturated heterocycles. The van der Waals surface area contributed by atoms with Gasteiger partial charge in [0.15, 0.2) is 5.76 Å². The number of rotatable bonds is 4. The Morgan fingerprint density at radius 2 is 2.12 bits per heavy atom. The Bertz CT molecular complexity index is 454. The number of phenols is 1. The molecule has 3 nitrogen and oxygen atoms in total. The van der Waals surface area contributed by atoms with Gasteiger partial charge in [-0.25, -0.2) is 0 Å². The highest BCUT2D eigenvalue weighted by Gasteiger charge is 2.04. The molecule has 0 fully saturated rings. The number of hydrogen-bond acceptors (Lipinski definition) is 2. The fraction of sp³-hybridized carbons (Fsp3) is 0.167. The number of aromatic hydroxyl groups is 1. The fourth-order valence-electron chi connectivity index (χ4n) is 1.52. The molecule has 1 aromatic carbocycles. The first-order chi connectivity index (χ1) is 7.75. The van der Waals surface area contributed by atoms with Crippen LogP contribution in [0, 0.1) is 0 Å². The number of nitrogens with two attached hydrogens (primary N) is 1. The van der Waals surface area contributed by atoms with Gasteiger partial charge in [-0.15, -0.1) is 0 Å². The third-order valence-corrected chi connectivity index (χ3v) is 2.57. The van der Waals surface area contributed by atoms with Crippen LogP contribution in [0.3, 0.4) is 0 Å². The summed E-state index contributed by atoms with van der Waals surface area (Å²) in [4.78, 5) is 0. The second-order valence-corrected chi connectivity index (χ2v) is 3.99. The van der Waals surface area contributed by atoms with Crippen molar-refractivity contribution in [3.8, 4) is 5.75 Å². The average molecular weight is 239 g/mol. The van der Waals surface area contributed by atoms with Crippen LogP contribution in [0.5, 0.6) is 5.75 Å². The molecule has 1 heterocycles. The zero-order valence-corrected chi connectivity index (χ0v) is 9.45. The molecule has 4 heteroatoms. The van der Waals surface area contributed by atoms with Gasteiger partial charge in [-0.3, -0.25) is 0 Å². The molecule has 0 saturated carbocycles. The van der Waals surface area contributed by atoms with Gasteiger partial charge >= 0.3 is 0 Å². The minimum atomic E-state index is 0.278. The van der Waals surface area contributed by atoms with E-state index in [1.165, 1.54) is 0 Å². The van der Waals surface area contributed by atoms with Crippen molar-refractivity contribution in [2.45, 2.75) is 13.1 Å². The van der Waals surface area contributed by atoms with E-state index in [4.69, 9.17) is 16.0 Å². The summed E-state index contributed by atoms with van der Waals surface area (Å²) in [5, 5.41) is 12.3. The Balaban J connectivity index is 1.92. The zero-order chi connectivity index (χ0) is 11.4. The van der Waals surface area contributed by atoms with Crippen LogP contribution < -0.4 is 5.32 Å². The Morgan fingerprint density at radius 3 is 2.88 bits per heavy atom. The Labute approximate surface area is 98.7 Å². The van der Waals surface area contributed by atoms with E-state index in [-0.39, 0.29) is 5.75 Å². The number of quaternary nitrogens is 1. The largest absolute Gasteiger partial charge is 0.507 e. The molecule has 84 valence electrons. The SMILES string of the molecule is Oc1ccc(Cl)cc1C[NH2+]Cc1ccco1. The van der Waals surface area contributed by atoms with Crippen LogP contribution in [0.15, 0.2) is 41.0 Å².